The highest BCUT2D eigenvalue weighted by Gasteiger charge is 2.11. The van der Waals surface area contributed by atoms with Crippen LogP contribution in [0.15, 0.2) is 27.7 Å². The fourth-order valence-electron chi connectivity index (χ4n) is 1.89. The van der Waals surface area contributed by atoms with Gasteiger partial charge in [-0.3, -0.25) is 4.99 Å². The van der Waals surface area contributed by atoms with E-state index in [2.05, 4.69) is 20.9 Å². The summed E-state index contributed by atoms with van der Waals surface area (Å²) >= 11 is 3.17. The van der Waals surface area contributed by atoms with E-state index in [4.69, 9.17) is 10.5 Å². The van der Waals surface area contributed by atoms with Crippen molar-refractivity contribution in [3.8, 4) is 0 Å². The number of rotatable bonds is 3. The molecule has 2 N–H and O–H groups in total. The fourth-order valence-corrected chi connectivity index (χ4v) is 2.31. The van der Waals surface area contributed by atoms with Gasteiger partial charge in [-0.1, -0.05) is 6.07 Å². The second-order valence-electron chi connectivity index (χ2n) is 4.34. The normalized spacial score (nSPS) is 15.9. The highest BCUT2D eigenvalue weighted by molar-refractivity contribution is 14.0. The van der Waals surface area contributed by atoms with Crippen LogP contribution in [0.2, 0.25) is 0 Å². The lowest BCUT2D eigenvalue weighted by molar-refractivity contribution is 0.0674. The second kappa shape index (κ2) is 8.78. The van der Waals surface area contributed by atoms with Crippen LogP contribution in [0.3, 0.4) is 0 Å². The van der Waals surface area contributed by atoms with Crippen molar-refractivity contribution < 1.29 is 9.13 Å². The predicted octanol–water partition coefficient (Wildman–Crippen LogP) is 2.40. The molecule has 0 amide bonds. The predicted molar refractivity (Wildman–Crippen MR) is 92.1 cm³/mol. The van der Waals surface area contributed by atoms with Crippen molar-refractivity contribution in [2.45, 2.75) is 6.42 Å². The molecule has 1 saturated heterocycles. The Morgan fingerprint density at radius 2 is 2.10 bits per heavy atom. The van der Waals surface area contributed by atoms with Gasteiger partial charge in [0, 0.05) is 19.6 Å². The number of nitrogens with zero attached hydrogens (tertiary/aromatic N) is 2. The quantitative estimate of drug-likeness (QED) is 0.430. The number of hydrogen-bond acceptors (Lipinski definition) is 2. The molecule has 20 heavy (non-hydrogen) atoms. The highest BCUT2D eigenvalue weighted by atomic mass is 127. The number of guanidine groups is 1. The molecule has 0 atom stereocenters. The van der Waals surface area contributed by atoms with Crippen LogP contribution in [0.4, 0.5) is 4.39 Å². The summed E-state index contributed by atoms with van der Waals surface area (Å²) in [6.07, 6.45) is 0.740. The van der Waals surface area contributed by atoms with Gasteiger partial charge in [-0.05, 0) is 40.0 Å². The number of morpholine rings is 1. The van der Waals surface area contributed by atoms with Crippen molar-refractivity contribution in [2.24, 2.45) is 10.7 Å². The minimum Gasteiger partial charge on any atom is -0.378 e. The van der Waals surface area contributed by atoms with Gasteiger partial charge in [-0.25, -0.2) is 4.39 Å². The lowest BCUT2D eigenvalue weighted by Gasteiger charge is -2.27. The van der Waals surface area contributed by atoms with Crippen LogP contribution in [0.5, 0.6) is 0 Å². The molecule has 4 nitrogen and oxygen atoms in total. The monoisotopic (exact) mass is 457 g/mol. The van der Waals surface area contributed by atoms with Crippen LogP contribution < -0.4 is 5.73 Å². The second-order valence-corrected chi connectivity index (χ2v) is 5.19. The molecule has 0 radical (unpaired) electrons. The number of benzene rings is 1. The number of halogens is 3. The summed E-state index contributed by atoms with van der Waals surface area (Å²) in [6.45, 7) is 3.57. The molecule has 1 aromatic carbocycles. The van der Waals surface area contributed by atoms with Crippen molar-refractivity contribution in [3.05, 3.63) is 34.1 Å². The zero-order valence-corrected chi connectivity index (χ0v) is 14.9. The van der Waals surface area contributed by atoms with Gasteiger partial charge in [0.1, 0.15) is 5.82 Å². The lowest BCUT2D eigenvalue weighted by Crippen LogP contribution is -2.44. The van der Waals surface area contributed by atoms with Gasteiger partial charge in [-0.2, -0.15) is 0 Å². The number of hydrogen-bond donors (Lipinski definition) is 1. The van der Waals surface area contributed by atoms with Crippen molar-refractivity contribution in [1.82, 2.24) is 4.90 Å². The summed E-state index contributed by atoms with van der Waals surface area (Å²) in [5, 5.41) is 0. The molecule has 2 rings (SSSR count). The number of aliphatic imine (C=N–C) groups is 1. The first kappa shape index (κ1) is 17.6. The summed E-state index contributed by atoms with van der Waals surface area (Å²) in [7, 11) is 0. The van der Waals surface area contributed by atoms with E-state index in [1.807, 2.05) is 4.90 Å². The van der Waals surface area contributed by atoms with Crippen LogP contribution in [0.1, 0.15) is 5.56 Å². The Kier molecular flexibility index (Phi) is 7.75. The molecule has 7 heteroatoms. The van der Waals surface area contributed by atoms with Gasteiger partial charge in [0.05, 0.1) is 17.7 Å². The maximum Gasteiger partial charge on any atom is 0.191 e. The molecule has 0 spiro atoms. The van der Waals surface area contributed by atoms with Crippen molar-refractivity contribution in [1.29, 1.82) is 0 Å². The van der Waals surface area contributed by atoms with Crippen molar-refractivity contribution >= 4 is 45.9 Å². The molecule has 1 aliphatic rings. The van der Waals surface area contributed by atoms with Crippen LogP contribution in [-0.4, -0.2) is 43.7 Å². The van der Waals surface area contributed by atoms with Crippen LogP contribution >= 0.6 is 39.9 Å². The molecular weight excluding hydrogens is 440 g/mol. The van der Waals surface area contributed by atoms with E-state index in [9.17, 15) is 4.39 Å². The third-order valence-corrected chi connectivity index (χ3v) is 3.60. The van der Waals surface area contributed by atoms with Crippen LogP contribution in [-0.2, 0) is 11.2 Å². The molecule has 0 aromatic heterocycles. The summed E-state index contributed by atoms with van der Waals surface area (Å²) in [4.78, 5) is 6.37. The molecule has 0 bridgehead atoms. The van der Waals surface area contributed by atoms with E-state index in [1.165, 1.54) is 6.07 Å². The Morgan fingerprint density at radius 1 is 1.40 bits per heavy atom. The van der Waals surface area contributed by atoms with Gasteiger partial charge >= 0.3 is 0 Å². The molecule has 1 heterocycles. The van der Waals surface area contributed by atoms with Gasteiger partial charge < -0.3 is 15.4 Å². The molecule has 1 aromatic rings. The lowest BCUT2D eigenvalue weighted by atomic mass is 10.1. The minimum absolute atomic E-state index is 0. The van der Waals surface area contributed by atoms with E-state index >= 15 is 0 Å². The van der Waals surface area contributed by atoms with Gasteiger partial charge in [-0.15, -0.1) is 24.0 Å². The molecule has 0 saturated carbocycles. The minimum atomic E-state index is -0.250. The summed E-state index contributed by atoms with van der Waals surface area (Å²) < 4.78 is 18.8. The van der Waals surface area contributed by atoms with Crippen molar-refractivity contribution in [3.63, 3.8) is 0 Å². The van der Waals surface area contributed by atoms with Crippen LogP contribution in [0, 0.1) is 5.82 Å². The Morgan fingerprint density at radius 3 is 2.75 bits per heavy atom. The molecule has 112 valence electrons. The standard InChI is InChI=1S/C13H17BrFN3O.HI/c14-11-9-10(1-2-12(11)15)3-4-17-13(16)18-5-7-19-8-6-18;/h1-2,9H,3-8H2,(H2,16,17);1H. The Balaban J connectivity index is 0.00000200. The molecule has 1 aliphatic heterocycles. The third-order valence-electron chi connectivity index (χ3n) is 2.99. The average Bonchev–Trinajstić information content (AvgIpc) is 2.43. The summed E-state index contributed by atoms with van der Waals surface area (Å²) in [6, 6.07) is 4.99. The topological polar surface area (TPSA) is 50.8 Å². The molecule has 1 fully saturated rings. The van der Waals surface area contributed by atoms with E-state index < -0.39 is 0 Å². The highest BCUT2D eigenvalue weighted by Crippen LogP contribution is 2.17. The Hall–Kier alpha value is -0.410. The molecular formula is C13H18BrFIN3O. The molecule has 0 aliphatic carbocycles. The summed E-state index contributed by atoms with van der Waals surface area (Å²) in [5.74, 6) is 0.310. The largest absolute Gasteiger partial charge is 0.378 e. The SMILES string of the molecule is I.NC(=NCCc1ccc(F)c(Br)c1)N1CCOCC1. The maximum absolute atomic E-state index is 13.1. The van der Waals surface area contributed by atoms with E-state index in [1.54, 1.807) is 12.1 Å². The van der Waals surface area contributed by atoms with E-state index in [-0.39, 0.29) is 29.8 Å². The number of ether oxygens (including phenoxy) is 1. The van der Waals surface area contributed by atoms with E-state index in [0.717, 1.165) is 25.1 Å². The Bertz CT molecular complexity index is 467. The average molecular weight is 458 g/mol. The zero-order chi connectivity index (χ0) is 13.7. The van der Waals surface area contributed by atoms with Crippen LogP contribution in [0.25, 0.3) is 0 Å². The third kappa shape index (κ3) is 5.17. The van der Waals surface area contributed by atoms with E-state index in [0.29, 0.717) is 30.2 Å². The zero-order valence-electron chi connectivity index (χ0n) is 11.0. The smallest absolute Gasteiger partial charge is 0.191 e. The van der Waals surface area contributed by atoms with Crippen molar-refractivity contribution in [2.75, 3.05) is 32.8 Å². The first-order valence-corrected chi connectivity index (χ1v) is 7.02. The van der Waals surface area contributed by atoms with Gasteiger partial charge in [0.2, 0.25) is 0 Å². The first-order chi connectivity index (χ1) is 9.16. The first-order valence-electron chi connectivity index (χ1n) is 6.23. The van der Waals surface area contributed by atoms with Gasteiger partial charge in [0.15, 0.2) is 5.96 Å². The fraction of sp³-hybridized carbons (Fsp3) is 0.462. The van der Waals surface area contributed by atoms with Gasteiger partial charge in [0.25, 0.3) is 0 Å². The Labute approximate surface area is 143 Å². The summed E-state index contributed by atoms with van der Waals surface area (Å²) in [5.41, 5.74) is 6.95. The molecule has 0 unspecified atom stereocenters. The maximum atomic E-state index is 13.1. The number of nitrogens with two attached hydrogens (primary N) is 1.